The molecule has 4 nitrogen and oxygen atoms in total. The Labute approximate surface area is 129 Å². The van der Waals surface area contributed by atoms with Gasteiger partial charge in [0, 0.05) is 13.1 Å². The zero-order valence-corrected chi connectivity index (χ0v) is 14.2. The molecule has 0 saturated carbocycles. The van der Waals surface area contributed by atoms with E-state index in [0.29, 0.717) is 18.0 Å². The Morgan fingerprint density at radius 3 is 2.14 bits per heavy atom. The highest BCUT2D eigenvalue weighted by atomic mass is 32.2. The molecule has 120 valence electrons. The predicted molar refractivity (Wildman–Crippen MR) is 88.0 cm³/mol. The quantitative estimate of drug-likeness (QED) is 0.676. The molecule has 0 fully saturated rings. The van der Waals surface area contributed by atoms with Gasteiger partial charge in [-0.25, -0.2) is 8.42 Å². The summed E-state index contributed by atoms with van der Waals surface area (Å²) in [4.78, 5) is 0.388. The molecule has 0 spiro atoms. The number of rotatable bonds is 10. The Bertz CT molecular complexity index is 494. The van der Waals surface area contributed by atoms with Crippen LogP contribution >= 0.6 is 0 Å². The first-order valence-corrected chi connectivity index (χ1v) is 9.30. The Balaban J connectivity index is 2.61. The monoisotopic (exact) mass is 312 g/mol. The van der Waals surface area contributed by atoms with Crippen LogP contribution in [0.3, 0.4) is 0 Å². The maximum atomic E-state index is 12.4. The maximum Gasteiger partial charge on any atom is 0.243 e. The van der Waals surface area contributed by atoms with Crippen LogP contribution in [-0.2, 0) is 16.4 Å². The van der Waals surface area contributed by atoms with Crippen LogP contribution in [0.4, 0.5) is 0 Å². The van der Waals surface area contributed by atoms with Gasteiger partial charge >= 0.3 is 0 Å². The van der Waals surface area contributed by atoms with E-state index in [-0.39, 0.29) is 0 Å². The highest BCUT2D eigenvalue weighted by Gasteiger charge is 2.20. The van der Waals surface area contributed by atoms with Crippen molar-refractivity contribution in [3.05, 3.63) is 29.8 Å². The van der Waals surface area contributed by atoms with E-state index in [4.69, 9.17) is 0 Å². The lowest BCUT2D eigenvalue weighted by molar-refractivity contribution is 0.445. The summed E-state index contributed by atoms with van der Waals surface area (Å²) >= 11 is 0. The van der Waals surface area contributed by atoms with Crippen LogP contribution in [-0.4, -0.2) is 38.9 Å². The SMILES string of the molecule is CCCNCCCc1ccc(S(=O)(=O)N(CC)CC)cc1. The lowest BCUT2D eigenvalue weighted by atomic mass is 10.1. The van der Waals surface area contributed by atoms with Gasteiger partial charge in [0.1, 0.15) is 0 Å². The Morgan fingerprint density at radius 2 is 1.62 bits per heavy atom. The number of benzene rings is 1. The first kappa shape index (κ1) is 18.1. The minimum absolute atomic E-state index is 0.388. The molecule has 1 aromatic rings. The van der Waals surface area contributed by atoms with Gasteiger partial charge in [-0.2, -0.15) is 4.31 Å². The lowest BCUT2D eigenvalue weighted by Crippen LogP contribution is -2.30. The minimum Gasteiger partial charge on any atom is -0.317 e. The molecule has 0 radical (unpaired) electrons. The van der Waals surface area contributed by atoms with Gasteiger partial charge in [-0.3, -0.25) is 0 Å². The number of nitrogens with one attached hydrogen (secondary N) is 1. The third-order valence-corrected chi connectivity index (χ3v) is 5.58. The topological polar surface area (TPSA) is 49.4 Å². The second-order valence-electron chi connectivity index (χ2n) is 5.09. The highest BCUT2D eigenvalue weighted by molar-refractivity contribution is 7.89. The van der Waals surface area contributed by atoms with Crippen molar-refractivity contribution in [3.8, 4) is 0 Å². The van der Waals surface area contributed by atoms with E-state index in [9.17, 15) is 8.42 Å². The molecule has 0 saturated heterocycles. The molecule has 0 atom stereocenters. The van der Waals surface area contributed by atoms with Crippen LogP contribution in [0.15, 0.2) is 29.2 Å². The summed E-state index contributed by atoms with van der Waals surface area (Å²) in [6.07, 6.45) is 3.20. The van der Waals surface area contributed by atoms with Crippen LogP contribution in [0.25, 0.3) is 0 Å². The van der Waals surface area contributed by atoms with Gasteiger partial charge in [-0.05, 0) is 50.0 Å². The van der Waals surface area contributed by atoms with Gasteiger partial charge < -0.3 is 5.32 Å². The standard InChI is InChI=1S/C16H28N2O2S/c1-4-13-17-14-7-8-15-9-11-16(12-10-15)21(19,20)18(5-2)6-3/h9-12,17H,4-8,13-14H2,1-3H3. The number of nitrogens with zero attached hydrogens (tertiary/aromatic N) is 1. The molecular formula is C16H28N2O2S. The van der Waals surface area contributed by atoms with Crippen LogP contribution in [0.5, 0.6) is 0 Å². The third-order valence-electron chi connectivity index (χ3n) is 3.51. The first-order chi connectivity index (χ1) is 10.1. The number of hydrogen-bond acceptors (Lipinski definition) is 3. The van der Waals surface area contributed by atoms with Crippen molar-refractivity contribution in [2.45, 2.75) is 44.9 Å². The van der Waals surface area contributed by atoms with E-state index in [1.165, 1.54) is 9.87 Å². The Hall–Kier alpha value is -0.910. The minimum atomic E-state index is -3.33. The summed E-state index contributed by atoms with van der Waals surface area (Å²) < 4.78 is 26.2. The summed E-state index contributed by atoms with van der Waals surface area (Å²) in [7, 11) is -3.33. The van der Waals surface area contributed by atoms with Gasteiger partial charge in [0.05, 0.1) is 4.90 Å². The molecule has 0 heterocycles. The van der Waals surface area contributed by atoms with Crippen molar-refractivity contribution in [2.75, 3.05) is 26.2 Å². The number of aryl methyl sites for hydroxylation is 1. The summed E-state index contributed by atoms with van der Waals surface area (Å²) in [6.45, 7) is 8.95. The fraction of sp³-hybridized carbons (Fsp3) is 0.625. The van der Waals surface area contributed by atoms with Crippen molar-refractivity contribution in [2.24, 2.45) is 0 Å². The van der Waals surface area contributed by atoms with Crippen LogP contribution < -0.4 is 5.32 Å². The molecule has 0 bridgehead atoms. The van der Waals surface area contributed by atoms with E-state index in [1.807, 2.05) is 26.0 Å². The van der Waals surface area contributed by atoms with E-state index in [2.05, 4.69) is 12.2 Å². The van der Waals surface area contributed by atoms with E-state index < -0.39 is 10.0 Å². The van der Waals surface area contributed by atoms with Gasteiger partial charge in [-0.15, -0.1) is 0 Å². The van der Waals surface area contributed by atoms with Gasteiger partial charge in [0.15, 0.2) is 0 Å². The van der Waals surface area contributed by atoms with Crippen LogP contribution in [0.2, 0.25) is 0 Å². The smallest absolute Gasteiger partial charge is 0.243 e. The molecule has 1 rings (SSSR count). The fourth-order valence-corrected chi connectivity index (χ4v) is 3.72. The molecule has 5 heteroatoms. The molecule has 21 heavy (non-hydrogen) atoms. The van der Waals surface area contributed by atoms with Crippen molar-refractivity contribution < 1.29 is 8.42 Å². The fourth-order valence-electron chi connectivity index (χ4n) is 2.26. The average Bonchev–Trinajstić information content (AvgIpc) is 2.48. The summed E-state index contributed by atoms with van der Waals surface area (Å²) in [6, 6.07) is 7.30. The van der Waals surface area contributed by atoms with Crippen molar-refractivity contribution in [3.63, 3.8) is 0 Å². The van der Waals surface area contributed by atoms with E-state index in [0.717, 1.165) is 32.4 Å². The summed E-state index contributed by atoms with van der Waals surface area (Å²) in [5, 5.41) is 3.37. The first-order valence-electron chi connectivity index (χ1n) is 7.86. The Morgan fingerprint density at radius 1 is 1.00 bits per heavy atom. The molecular weight excluding hydrogens is 284 g/mol. The molecule has 0 aliphatic carbocycles. The van der Waals surface area contributed by atoms with Crippen molar-refractivity contribution >= 4 is 10.0 Å². The van der Waals surface area contributed by atoms with Gasteiger partial charge in [0.25, 0.3) is 0 Å². The normalized spacial score (nSPS) is 12.0. The average molecular weight is 312 g/mol. The van der Waals surface area contributed by atoms with Crippen molar-refractivity contribution in [1.82, 2.24) is 9.62 Å². The molecule has 0 aromatic heterocycles. The summed E-state index contributed by atoms with van der Waals surface area (Å²) in [5.74, 6) is 0. The largest absolute Gasteiger partial charge is 0.317 e. The number of hydrogen-bond donors (Lipinski definition) is 1. The molecule has 0 aliphatic rings. The Kier molecular flexibility index (Phi) is 7.93. The second kappa shape index (κ2) is 9.18. The van der Waals surface area contributed by atoms with Crippen LogP contribution in [0, 0.1) is 0 Å². The van der Waals surface area contributed by atoms with E-state index >= 15 is 0 Å². The zero-order chi connectivity index (χ0) is 15.7. The predicted octanol–water partition coefficient (Wildman–Crippen LogP) is 2.65. The van der Waals surface area contributed by atoms with E-state index in [1.54, 1.807) is 12.1 Å². The molecule has 1 N–H and O–H groups in total. The lowest BCUT2D eigenvalue weighted by Gasteiger charge is -2.18. The van der Waals surface area contributed by atoms with Crippen molar-refractivity contribution in [1.29, 1.82) is 0 Å². The van der Waals surface area contributed by atoms with Gasteiger partial charge in [0.2, 0.25) is 10.0 Å². The maximum absolute atomic E-state index is 12.4. The highest BCUT2D eigenvalue weighted by Crippen LogP contribution is 2.16. The van der Waals surface area contributed by atoms with Crippen LogP contribution in [0.1, 0.15) is 39.2 Å². The molecule has 0 unspecified atom stereocenters. The molecule has 0 aliphatic heterocycles. The molecule has 1 aromatic carbocycles. The number of sulfonamides is 1. The zero-order valence-electron chi connectivity index (χ0n) is 13.4. The van der Waals surface area contributed by atoms with Gasteiger partial charge in [-0.1, -0.05) is 32.9 Å². The third kappa shape index (κ3) is 5.41. The second-order valence-corrected chi connectivity index (χ2v) is 7.02. The summed E-state index contributed by atoms with van der Waals surface area (Å²) in [5.41, 5.74) is 1.19. The molecule has 0 amide bonds.